The van der Waals surface area contributed by atoms with Crippen molar-refractivity contribution >= 4 is 0 Å². The Balaban J connectivity index is 2.49. The summed E-state index contributed by atoms with van der Waals surface area (Å²) < 4.78 is 2.00. The van der Waals surface area contributed by atoms with Crippen LogP contribution in [0.4, 0.5) is 0 Å². The molecule has 0 bridgehead atoms. The quantitative estimate of drug-likeness (QED) is 0.785. The van der Waals surface area contributed by atoms with Gasteiger partial charge in [-0.15, -0.1) is 0 Å². The summed E-state index contributed by atoms with van der Waals surface area (Å²) in [5, 5.41) is 4.55. The smallest absolute Gasteiger partial charge is 0.0713 e. The van der Waals surface area contributed by atoms with Crippen LogP contribution in [0.2, 0.25) is 0 Å². The van der Waals surface area contributed by atoms with Gasteiger partial charge in [-0.1, -0.05) is 52.0 Å². The highest BCUT2D eigenvalue weighted by molar-refractivity contribution is 5.65. The van der Waals surface area contributed by atoms with Gasteiger partial charge < -0.3 is 0 Å². The lowest BCUT2D eigenvalue weighted by Crippen LogP contribution is -2.10. The molecule has 1 aromatic carbocycles. The van der Waals surface area contributed by atoms with Gasteiger partial charge >= 0.3 is 0 Å². The maximum absolute atomic E-state index is 4.55. The first-order valence-corrected chi connectivity index (χ1v) is 6.98. The van der Waals surface area contributed by atoms with Gasteiger partial charge in [0.2, 0.25) is 0 Å². The summed E-state index contributed by atoms with van der Waals surface area (Å²) in [6.07, 6.45) is 1.02. The van der Waals surface area contributed by atoms with Crippen molar-refractivity contribution in [3.05, 3.63) is 41.1 Å². The van der Waals surface area contributed by atoms with E-state index in [0.717, 1.165) is 12.1 Å². The minimum absolute atomic E-state index is 0.203. The molecule has 1 heterocycles. The van der Waals surface area contributed by atoms with Gasteiger partial charge in [0.05, 0.1) is 11.4 Å². The molecule has 2 nitrogen and oxygen atoms in total. The van der Waals surface area contributed by atoms with Crippen LogP contribution in [0.15, 0.2) is 24.3 Å². The van der Waals surface area contributed by atoms with Crippen molar-refractivity contribution in [3.8, 4) is 11.3 Å². The van der Waals surface area contributed by atoms with E-state index in [1.54, 1.807) is 0 Å². The van der Waals surface area contributed by atoms with Crippen LogP contribution in [0, 0.1) is 6.92 Å². The third kappa shape index (κ3) is 2.58. The van der Waals surface area contributed by atoms with E-state index >= 15 is 0 Å². The molecular weight excluding hydrogens is 232 g/mol. The van der Waals surface area contributed by atoms with Gasteiger partial charge in [-0.05, 0) is 24.3 Å². The second-order valence-corrected chi connectivity index (χ2v) is 6.22. The summed E-state index contributed by atoms with van der Waals surface area (Å²) in [5.74, 6) is 0. The number of hydrogen-bond donors (Lipinski definition) is 0. The van der Waals surface area contributed by atoms with Crippen molar-refractivity contribution in [2.75, 3.05) is 0 Å². The Morgan fingerprint density at radius 1 is 1.11 bits per heavy atom. The third-order valence-corrected chi connectivity index (χ3v) is 3.72. The van der Waals surface area contributed by atoms with Gasteiger partial charge in [0.1, 0.15) is 0 Å². The van der Waals surface area contributed by atoms with Gasteiger partial charge in [-0.25, -0.2) is 0 Å². The van der Waals surface area contributed by atoms with E-state index in [0.29, 0.717) is 0 Å². The minimum Gasteiger partial charge on any atom is -0.267 e. The molecule has 0 unspecified atom stereocenters. The molecule has 1 aromatic heterocycles. The zero-order valence-corrected chi connectivity index (χ0v) is 12.9. The summed E-state index contributed by atoms with van der Waals surface area (Å²) in [5.41, 5.74) is 6.57. The Morgan fingerprint density at radius 2 is 1.68 bits per heavy atom. The van der Waals surface area contributed by atoms with Crippen molar-refractivity contribution < 1.29 is 0 Å². The molecule has 0 spiro atoms. The van der Waals surface area contributed by atoms with Gasteiger partial charge in [0.25, 0.3) is 0 Å². The van der Waals surface area contributed by atoms with Gasteiger partial charge in [0, 0.05) is 18.2 Å². The maximum atomic E-state index is 4.55. The molecule has 0 saturated carbocycles. The van der Waals surface area contributed by atoms with E-state index in [2.05, 4.69) is 64.0 Å². The summed E-state index contributed by atoms with van der Waals surface area (Å²) >= 11 is 0. The fourth-order valence-electron chi connectivity index (χ4n) is 2.61. The van der Waals surface area contributed by atoms with Crippen molar-refractivity contribution in [2.24, 2.45) is 7.05 Å². The molecule has 0 atom stereocenters. The van der Waals surface area contributed by atoms with Gasteiger partial charge in [-0.2, -0.15) is 5.10 Å². The van der Waals surface area contributed by atoms with E-state index in [4.69, 9.17) is 0 Å². The molecule has 0 saturated heterocycles. The van der Waals surface area contributed by atoms with Crippen LogP contribution in [0.3, 0.4) is 0 Å². The molecule has 2 rings (SSSR count). The van der Waals surface area contributed by atoms with Crippen molar-refractivity contribution in [1.29, 1.82) is 0 Å². The van der Waals surface area contributed by atoms with Gasteiger partial charge in [-0.3, -0.25) is 4.68 Å². The van der Waals surface area contributed by atoms with Crippen LogP contribution in [0.5, 0.6) is 0 Å². The first kappa shape index (κ1) is 13.9. The predicted octanol–water partition coefficient (Wildman–Crippen LogP) is 4.26. The second kappa shape index (κ2) is 4.84. The topological polar surface area (TPSA) is 17.8 Å². The average molecular weight is 256 g/mol. The SMILES string of the molecule is CCc1c(C)nn(C)c1-c1ccc(C(C)(C)C)cc1. The molecule has 0 radical (unpaired) electrons. The Kier molecular flexibility index (Phi) is 3.53. The van der Waals surface area contributed by atoms with E-state index in [-0.39, 0.29) is 5.41 Å². The highest BCUT2D eigenvalue weighted by Gasteiger charge is 2.16. The molecule has 0 aliphatic rings. The van der Waals surface area contributed by atoms with E-state index in [9.17, 15) is 0 Å². The summed E-state index contributed by atoms with van der Waals surface area (Å²) in [4.78, 5) is 0. The van der Waals surface area contributed by atoms with Crippen LogP contribution in [0.25, 0.3) is 11.3 Å². The predicted molar refractivity (Wildman–Crippen MR) is 81.5 cm³/mol. The molecule has 2 aromatic rings. The van der Waals surface area contributed by atoms with Gasteiger partial charge in [0.15, 0.2) is 0 Å². The lowest BCUT2D eigenvalue weighted by Gasteiger charge is -2.19. The maximum Gasteiger partial charge on any atom is 0.0713 e. The van der Waals surface area contributed by atoms with Crippen LogP contribution in [-0.2, 0) is 18.9 Å². The van der Waals surface area contributed by atoms with Crippen molar-refractivity contribution in [1.82, 2.24) is 9.78 Å². The zero-order valence-electron chi connectivity index (χ0n) is 12.9. The summed E-state index contributed by atoms with van der Waals surface area (Å²) in [6.45, 7) is 11.0. The number of aromatic nitrogens is 2. The summed E-state index contributed by atoms with van der Waals surface area (Å²) in [7, 11) is 2.03. The standard InChI is InChI=1S/C17H24N2/c1-7-15-12(2)18-19(6)16(15)13-8-10-14(11-9-13)17(3,4)5/h8-11H,7H2,1-6H3. The fourth-order valence-corrected chi connectivity index (χ4v) is 2.61. The van der Waals surface area contributed by atoms with E-state index in [1.165, 1.54) is 22.4 Å². The first-order chi connectivity index (χ1) is 8.84. The Bertz CT molecular complexity index is 569. The number of aryl methyl sites for hydroxylation is 2. The molecule has 0 aliphatic carbocycles. The highest BCUT2D eigenvalue weighted by Crippen LogP contribution is 2.29. The third-order valence-electron chi connectivity index (χ3n) is 3.72. The Labute approximate surface area is 116 Å². The fraction of sp³-hybridized carbons (Fsp3) is 0.471. The number of hydrogen-bond acceptors (Lipinski definition) is 1. The average Bonchev–Trinajstić information content (AvgIpc) is 2.62. The molecular formula is C17H24N2. The van der Waals surface area contributed by atoms with Crippen LogP contribution >= 0.6 is 0 Å². The Hall–Kier alpha value is -1.57. The van der Waals surface area contributed by atoms with Crippen molar-refractivity contribution in [2.45, 2.75) is 46.5 Å². The molecule has 2 heteroatoms. The lowest BCUT2D eigenvalue weighted by molar-refractivity contribution is 0.590. The number of benzene rings is 1. The second-order valence-electron chi connectivity index (χ2n) is 6.22. The molecule has 102 valence electrons. The molecule has 0 aliphatic heterocycles. The normalized spacial score (nSPS) is 11.9. The van der Waals surface area contributed by atoms with E-state index in [1.807, 2.05) is 11.7 Å². The number of rotatable bonds is 2. The number of nitrogens with zero attached hydrogens (tertiary/aromatic N) is 2. The van der Waals surface area contributed by atoms with Crippen LogP contribution in [-0.4, -0.2) is 9.78 Å². The largest absolute Gasteiger partial charge is 0.267 e. The highest BCUT2D eigenvalue weighted by atomic mass is 15.3. The molecule has 19 heavy (non-hydrogen) atoms. The summed E-state index contributed by atoms with van der Waals surface area (Å²) in [6, 6.07) is 8.90. The minimum atomic E-state index is 0.203. The molecule has 0 N–H and O–H groups in total. The molecule has 0 fully saturated rings. The van der Waals surface area contributed by atoms with Crippen LogP contribution in [0.1, 0.15) is 44.5 Å². The van der Waals surface area contributed by atoms with Crippen LogP contribution < -0.4 is 0 Å². The zero-order chi connectivity index (χ0) is 14.2. The molecule has 0 amide bonds. The van der Waals surface area contributed by atoms with Crippen molar-refractivity contribution in [3.63, 3.8) is 0 Å². The van der Waals surface area contributed by atoms with E-state index < -0.39 is 0 Å². The Morgan fingerprint density at radius 3 is 2.16 bits per heavy atom. The monoisotopic (exact) mass is 256 g/mol. The first-order valence-electron chi connectivity index (χ1n) is 6.98. The lowest BCUT2D eigenvalue weighted by atomic mass is 9.86.